The van der Waals surface area contributed by atoms with E-state index in [1.165, 1.54) is 12.7 Å². The van der Waals surface area contributed by atoms with Crippen LogP contribution in [0.2, 0.25) is 0 Å². The van der Waals surface area contributed by atoms with E-state index in [0.29, 0.717) is 30.3 Å². The van der Waals surface area contributed by atoms with Crippen molar-refractivity contribution in [3.05, 3.63) is 6.33 Å². The van der Waals surface area contributed by atoms with E-state index >= 15 is 0 Å². The van der Waals surface area contributed by atoms with E-state index in [0.717, 1.165) is 31.8 Å². The van der Waals surface area contributed by atoms with Gasteiger partial charge in [-0.15, -0.1) is 0 Å². The zero-order valence-corrected chi connectivity index (χ0v) is 11.2. The van der Waals surface area contributed by atoms with Crippen molar-refractivity contribution in [2.24, 2.45) is 0 Å². The van der Waals surface area contributed by atoms with E-state index in [1.54, 1.807) is 0 Å². The minimum atomic E-state index is 0.318. The van der Waals surface area contributed by atoms with Crippen molar-refractivity contribution in [1.29, 1.82) is 0 Å². The molecular weight excluding hydrogens is 244 g/mol. The van der Waals surface area contributed by atoms with Gasteiger partial charge < -0.3 is 20.1 Å². The molecule has 1 saturated carbocycles. The Morgan fingerprint density at radius 3 is 3.21 bits per heavy atom. The zero-order valence-electron chi connectivity index (χ0n) is 11.2. The van der Waals surface area contributed by atoms with Crippen molar-refractivity contribution >= 4 is 11.5 Å². The number of ether oxygens (including phenoxy) is 2. The van der Waals surface area contributed by atoms with E-state index < -0.39 is 0 Å². The molecule has 0 spiro atoms. The van der Waals surface area contributed by atoms with E-state index in [2.05, 4.69) is 14.9 Å². The Kier molecular flexibility index (Phi) is 3.42. The van der Waals surface area contributed by atoms with Gasteiger partial charge in [0.15, 0.2) is 5.82 Å². The van der Waals surface area contributed by atoms with Gasteiger partial charge in [0.05, 0.1) is 25.4 Å². The number of aromatic nitrogens is 2. The first-order chi connectivity index (χ1) is 9.31. The molecular formula is C13H20N4O2. The predicted octanol–water partition coefficient (Wildman–Crippen LogP) is 1.22. The highest BCUT2D eigenvalue weighted by Gasteiger charge is 2.37. The van der Waals surface area contributed by atoms with Gasteiger partial charge >= 0.3 is 0 Å². The summed E-state index contributed by atoms with van der Waals surface area (Å²) >= 11 is 0. The van der Waals surface area contributed by atoms with E-state index in [4.69, 9.17) is 15.2 Å². The van der Waals surface area contributed by atoms with Crippen molar-refractivity contribution in [3.63, 3.8) is 0 Å². The monoisotopic (exact) mass is 264 g/mol. The molecule has 2 atom stereocenters. The summed E-state index contributed by atoms with van der Waals surface area (Å²) in [6.07, 6.45) is 5.31. The van der Waals surface area contributed by atoms with E-state index in [9.17, 15) is 0 Å². The molecule has 1 aromatic rings. The molecule has 6 nitrogen and oxygen atoms in total. The molecule has 2 unspecified atom stereocenters. The lowest BCUT2D eigenvalue weighted by molar-refractivity contribution is 0.0253. The van der Waals surface area contributed by atoms with E-state index in [1.807, 2.05) is 6.92 Å². The van der Waals surface area contributed by atoms with Gasteiger partial charge in [0.1, 0.15) is 12.0 Å². The van der Waals surface area contributed by atoms with Crippen molar-refractivity contribution in [1.82, 2.24) is 9.97 Å². The Morgan fingerprint density at radius 2 is 2.37 bits per heavy atom. The SMILES string of the molecule is CCOc1ncnc(N2CCOC3CCCC32)c1N. The first kappa shape index (κ1) is 12.5. The smallest absolute Gasteiger partial charge is 0.242 e. The van der Waals surface area contributed by atoms with Crippen molar-refractivity contribution in [3.8, 4) is 5.88 Å². The van der Waals surface area contributed by atoms with Crippen molar-refractivity contribution < 1.29 is 9.47 Å². The number of nitrogens with zero attached hydrogens (tertiary/aromatic N) is 3. The second-order valence-corrected chi connectivity index (χ2v) is 4.95. The standard InChI is InChI=1S/C13H20N4O2/c1-2-18-13-11(14)12(15-8-16-13)17-6-7-19-10-5-3-4-9(10)17/h8-10H,2-7,14H2,1H3. The van der Waals surface area contributed by atoms with Crippen LogP contribution in [0.3, 0.4) is 0 Å². The third-order valence-corrected chi connectivity index (χ3v) is 3.86. The number of morpholine rings is 1. The molecule has 104 valence electrons. The fourth-order valence-electron chi connectivity index (χ4n) is 3.04. The molecule has 1 aliphatic heterocycles. The number of nitrogens with two attached hydrogens (primary N) is 1. The molecule has 2 heterocycles. The number of fused-ring (bicyclic) bond motifs is 1. The molecule has 0 amide bonds. The Morgan fingerprint density at radius 1 is 1.47 bits per heavy atom. The van der Waals surface area contributed by atoms with Crippen LogP contribution < -0.4 is 15.4 Å². The Bertz CT molecular complexity index is 454. The maximum atomic E-state index is 6.15. The Hall–Kier alpha value is -1.56. The minimum absolute atomic E-state index is 0.318. The summed E-state index contributed by atoms with van der Waals surface area (Å²) in [5.41, 5.74) is 6.69. The molecule has 2 fully saturated rings. The third-order valence-electron chi connectivity index (χ3n) is 3.86. The molecule has 0 aromatic carbocycles. The largest absolute Gasteiger partial charge is 0.476 e. The van der Waals surface area contributed by atoms with Gasteiger partial charge in [-0.1, -0.05) is 0 Å². The maximum absolute atomic E-state index is 6.15. The summed E-state index contributed by atoms with van der Waals surface area (Å²) in [6, 6.07) is 0.389. The third kappa shape index (κ3) is 2.20. The highest BCUT2D eigenvalue weighted by Crippen LogP contribution is 2.36. The van der Waals surface area contributed by atoms with E-state index in [-0.39, 0.29) is 0 Å². The molecule has 1 aliphatic carbocycles. The normalized spacial score (nSPS) is 26.3. The van der Waals surface area contributed by atoms with Gasteiger partial charge in [-0.3, -0.25) is 0 Å². The number of hydrogen-bond donors (Lipinski definition) is 1. The molecule has 3 rings (SSSR count). The highest BCUT2D eigenvalue weighted by molar-refractivity contribution is 5.68. The molecule has 6 heteroatoms. The van der Waals surface area contributed by atoms with Gasteiger partial charge in [-0.05, 0) is 26.2 Å². The lowest BCUT2D eigenvalue weighted by Crippen LogP contribution is -2.49. The summed E-state index contributed by atoms with van der Waals surface area (Å²) in [4.78, 5) is 10.7. The maximum Gasteiger partial charge on any atom is 0.242 e. The van der Waals surface area contributed by atoms with Crippen LogP contribution in [0.5, 0.6) is 5.88 Å². The predicted molar refractivity (Wildman–Crippen MR) is 72.3 cm³/mol. The minimum Gasteiger partial charge on any atom is -0.476 e. The number of rotatable bonds is 3. The van der Waals surface area contributed by atoms with Gasteiger partial charge in [-0.2, -0.15) is 4.98 Å². The molecule has 2 aliphatic rings. The lowest BCUT2D eigenvalue weighted by Gasteiger charge is -2.38. The summed E-state index contributed by atoms with van der Waals surface area (Å²) in [6.45, 7) is 4.03. The van der Waals surface area contributed by atoms with Crippen LogP contribution in [0.15, 0.2) is 6.33 Å². The average molecular weight is 264 g/mol. The van der Waals surface area contributed by atoms with Crippen molar-refractivity contribution in [2.45, 2.75) is 38.3 Å². The molecule has 0 radical (unpaired) electrons. The number of anilines is 2. The summed E-state index contributed by atoms with van der Waals surface area (Å²) in [7, 11) is 0. The number of nitrogen functional groups attached to an aromatic ring is 1. The van der Waals surface area contributed by atoms with Crippen LogP contribution in [0, 0.1) is 0 Å². The lowest BCUT2D eigenvalue weighted by atomic mass is 10.1. The molecule has 2 N–H and O–H groups in total. The molecule has 19 heavy (non-hydrogen) atoms. The van der Waals surface area contributed by atoms with Gasteiger partial charge in [0, 0.05) is 6.54 Å². The highest BCUT2D eigenvalue weighted by atomic mass is 16.5. The quantitative estimate of drug-likeness (QED) is 0.884. The van der Waals surface area contributed by atoms with Gasteiger partial charge in [0.2, 0.25) is 5.88 Å². The average Bonchev–Trinajstić information content (AvgIpc) is 2.90. The van der Waals surface area contributed by atoms with Crippen LogP contribution in [0.1, 0.15) is 26.2 Å². The number of hydrogen-bond acceptors (Lipinski definition) is 6. The first-order valence-corrected chi connectivity index (χ1v) is 6.92. The second kappa shape index (κ2) is 5.21. The fourth-order valence-corrected chi connectivity index (χ4v) is 3.04. The van der Waals surface area contributed by atoms with Crippen LogP contribution in [-0.2, 0) is 4.74 Å². The van der Waals surface area contributed by atoms with Gasteiger partial charge in [0.25, 0.3) is 0 Å². The summed E-state index contributed by atoms with van der Waals surface area (Å²) < 4.78 is 11.3. The van der Waals surface area contributed by atoms with Crippen molar-refractivity contribution in [2.75, 3.05) is 30.4 Å². The van der Waals surface area contributed by atoms with Crippen LogP contribution >= 0.6 is 0 Å². The van der Waals surface area contributed by atoms with Crippen LogP contribution in [0.4, 0.5) is 11.5 Å². The molecule has 0 bridgehead atoms. The summed E-state index contributed by atoms with van der Waals surface area (Å²) in [5, 5.41) is 0. The topological polar surface area (TPSA) is 73.5 Å². The zero-order chi connectivity index (χ0) is 13.2. The first-order valence-electron chi connectivity index (χ1n) is 6.92. The molecule has 1 aromatic heterocycles. The second-order valence-electron chi connectivity index (χ2n) is 4.95. The fraction of sp³-hybridized carbons (Fsp3) is 0.692. The van der Waals surface area contributed by atoms with Crippen LogP contribution in [0.25, 0.3) is 0 Å². The van der Waals surface area contributed by atoms with Crippen LogP contribution in [-0.4, -0.2) is 41.9 Å². The Balaban J connectivity index is 1.90. The summed E-state index contributed by atoms with van der Waals surface area (Å²) in [5.74, 6) is 1.27. The molecule has 1 saturated heterocycles. The Labute approximate surface area is 112 Å². The van der Waals surface area contributed by atoms with Gasteiger partial charge in [-0.25, -0.2) is 4.98 Å².